The maximum absolute atomic E-state index is 12.5. The molecule has 1 aromatic rings. The first-order valence-corrected chi connectivity index (χ1v) is 9.09. The van der Waals surface area contributed by atoms with Gasteiger partial charge in [0.1, 0.15) is 5.60 Å². The molecule has 23 heavy (non-hydrogen) atoms. The molecule has 0 radical (unpaired) electrons. The summed E-state index contributed by atoms with van der Waals surface area (Å²) in [6.45, 7) is 8.41. The average molecular weight is 338 g/mol. The Morgan fingerprint density at radius 2 is 2.17 bits per heavy atom. The Labute approximate surface area is 142 Å². The van der Waals surface area contributed by atoms with Gasteiger partial charge in [0.2, 0.25) is 0 Å². The standard InChI is InChI=1S/C17H26N2O3S/c1-5-12-6-7-19(16(21)22-17(2,3)4)13(8-12)9-14(20)15-10-18-11-23-15/h10-13H,5-9H2,1-4H3. The molecule has 0 aromatic carbocycles. The summed E-state index contributed by atoms with van der Waals surface area (Å²) >= 11 is 1.35. The van der Waals surface area contributed by atoms with Gasteiger partial charge in [-0.1, -0.05) is 13.3 Å². The number of amides is 1. The first-order valence-electron chi connectivity index (χ1n) is 8.21. The second-order valence-corrected chi connectivity index (χ2v) is 8.01. The normalized spacial score (nSPS) is 22.0. The molecule has 1 aromatic heterocycles. The van der Waals surface area contributed by atoms with Crippen LogP contribution in [0.2, 0.25) is 0 Å². The first-order chi connectivity index (χ1) is 10.8. The number of likely N-dealkylation sites (tertiary alicyclic amines) is 1. The third-order valence-electron chi connectivity index (χ3n) is 4.16. The van der Waals surface area contributed by atoms with Gasteiger partial charge in [0.15, 0.2) is 5.78 Å². The third kappa shape index (κ3) is 5.03. The number of Topliss-reactive ketones (excluding diaryl/α,β-unsaturated/α-hetero) is 1. The summed E-state index contributed by atoms with van der Waals surface area (Å²) in [5.74, 6) is 0.621. The van der Waals surface area contributed by atoms with Crippen LogP contribution in [0.1, 0.15) is 63.0 Å². The van der Waals surface area contributed by atoms with Gasteiger partial charge in [0, 0.05) is 25.2 Å². The molecule has 2 rings (SSSR count). The predicted molar refractivity (Wildman–Crippen MR) is 90.8 cm³/mol. The van der Waals surface area contributed by atoms with E-state index >= 15 is 0 Å². The van der Waals surface area contributed by atoms with E-state index in [1.807, 2.05) is 20.8 Å². The number of ether oxygens (including phenoxy) is 1. The van der Waals surface area contributed by atoms with Crippen molar-refractivity contribution in [1.82, 2.24) is 9.88 Å². The van der Waals surface area contributed by atoms with E-state index in [0.717, 1.165) is 19.3 Å². The highest BCUT2D eigenvalue weighted by Gasteiger charge is 2.35. The van der Waals surface area contributed by atoms with Crippen LogP contribution in [0.5, 0.6) is 0 Å². The first kappa shape index (κ1) is 17.9. The van der Waals surface area contributed by atoms with Crippen LogP contribution < -0.4 is 0 Å². The SMILES string of the molecule is CCC1CCN(C(=O)OC(C)(C)C)C(CC(=O)c2cncs2)C1. The van der Waals surface area contributed by atoms with E-state index in [0.29, 0.717) is 23.8 Å². The molecule has 0 N–H and O–H groups in total. The Morgan fingerprint density at radius 3 is 2.74 bits per heavy atom. The van der Waals surface area contributed by atoms with Crippen molar-refractivity contribution < 1.29 is 14.3 Å². The number of hydrogen-bond donors (Lipinski definition) is 0. The van der Waals surface area contributed by atoms with Crippen molar-refractivity contribution in [3.63, 3.8) is 0 Å². The lowest BCUT2D eigenvalue weighted by Gasteiger charge is -2.39. The molecule has 0 bridgehead atoms. The van der Waals surface area contributed by atoms with Crippen molar-refractivity contribution in [3.05, 3.63) is 16.6 Å². The van der Waals surface area contributed by atoms with E-state index in [4.69, 9.17) is 4.74 Å². The van der Waals surface area contributed by atoms with Crippen LogP contribution in [0, 0.1) is 5.92 Å². The van der Waals surface area contributed by atoms with Gasteiger partial charge in [-0.05, 0) is 39.5 Å². The van der Waals surface area contributed by atoms with Gasteiger partial charge >= 0.3 is 6.09 Å². The number of carbonyl (C=O) groups excluding carboxylic acids is 2. The fourth-order valence-electron chi connectivity index (χ4n) is 2.93. The minimum Gasteiger partial charge on any atom is -0.444 e. The Morgan fingerprint density at radius 1 is 1.43 bits per heavy atom. The van der Waals surface area contributed by atoms with Gasteiger partial charge in [-0.25, -0.2) is 4.79 Å². The Bertz CT molecular complexity index is 537. The summed E-state index contributed by atoms with van der Waals surface area (Å²) in [7, 11) is 0. The molecule has 1 amide bonds. The lowest BCUT2D eigenvalue weighted by Crippen LogP contribution is -2.48. The van der Waals surface area contributed by atoms with Gasteiger partial charge in [-0.2, -0.15) is 0 Å². The molecule has 5 nitrogen and oxygen atoms in total. The molecule has 1 fully saturated rings. The van der Waals surface area contributed by atoms with E-state index in [-0.39, 0.29) is 17.9 Å². The maximum atomic E-state index is 12.5. The van der Waals surface area contributed by atoms with Gasteiger partial charge in [-0.15, -0.1) is 11.3 Å². The fraction of sp³-hybridized carbons (Fsp3) is 0.706. The van der Waals surface area contributed by atoms with Gasteiger partial charge < -0.3 is 9.64 Å². The molecule has 2 heterocycles. The summed E-state index contributed by atoms with van der Waals surface area (Å²) in [6, 6.07) is -0.0850. The van der Waals surface area contributed by atoms with Crippen LogP contribution in [0.25, 0.3) is 0 Å². The van der Waals surface area contributed by atoms with Crippen molar-refractivity contribution in [1.29, 1.82) is 0 Å². The highest BCUT2D eigenvalue weighted by molar-refractivity contribution is 7.11. The molecule has 0 aliphatic carbocycles. The molecule has 2 unspecified atom stereocenters. The second-order valence-electron chi connectivity index (χ2n) is 7.12. The van der Waals surface area contributed by atoms with Crippen molar-refractivity contribution in [2.75, 3.05) is 6.54 Å². The zero-order valence-corrected chi connectivity index (χ0v) is 15.2. The molecular weight excluding hydrogens is 312 g/mol. The van der Waals surface area contributed by atoms with Crippen LogP contribution in [-0.4, -0.2) is 39.9 Å². The highest BCUT2D eigenvalue weighted by Crippen LogP contribution is 2.29. The molecule has 1 aliphatic heterocycles. The summed E-state index contributed by atoms with van der Waals surface area (Å²) in [5.41, 5.74) is 1.14. The minimum absolute atomic E-state index is 0.0582. The number of hydrogen-bond acceptors (Lipinski definition) is 5. The molecular formula is C17H26N2O3S. The number of rotatable bonds is 4. The maximum Gasteiger partial charge on any atom is 0.410 e. The Balaban J connectivity index is 2.08. The number of nitrogens with zero attached hydrogens (tertiary/aromatic N) is 2. The Hall–Kier alpha value is -1.43. The van der Waals surface area contributed by atoms with Gasteiger partial charge in [0.25, 0.3) is 0 Å². The zero-order chi connectivity index (χ0) is 17.0. The molecule has 1 aliphatic rings. The van der Waals surface area contributed by atoms with Crippen LogP contribution >= 0.6 is 11.3 Å². The van der Waals surface area contributed by atoms with Crippen molar-refractivity contribution in [3.8, 4) is 0 Å². The summed E-state index contributed by atoms with van der Waals surface area (Å²) in [5, 5.41) is 0. The van der Waals surface area contributed by atoms with E-state index in [1.165, 1.54) is 11.3 Å². The quantitative estimate of drug-likeness (QED) is 0.774. The monoisotopic (exact) mass is 338 g/mol. The van der Waals surface area contributed by atoms with E-state index < -0.39 is 5.60 Å². The summed E-state index contributed by atoms with van der Waals surface area (Å²) in [6.07, 6.45) is 4.55. The number of carbonyl (C=O) groups is 2. The number of thiazole rings is 1. The topological polar surface area (TPSA) is 59.5 Å². The zero-order valence-electron chi connectivity index (χ0n) is 14.4. The van der Waals surface area contributed by atoms with Crippen LogP contribution in [0.3, 0.4) is 0 Å². The number of ketones is 1. The van der Waals surface area contributed by atoms with Crippen molar-refractivity contribution >= 4 is 23.2 Å². The van der Waals surface area contributed by atoms with Gasteiger partial charge in [0.05, 0.1) is 10.4 Å². The largest absolute Gasteiger partial charge is 0.444 e. The number of aromatic nitrogens is 1. The van der Waals surface area contributed by atoms with Crippen LogP contribution in [0.15, 0.2) is 11.7 Å². The fourth-order valence-corrected chi connectivity index (χ4v) is 3.50. The highest BCUT2D eigenvalue weighted by atomic mass is 32.1. The van der Waals surface area contributed by atoms with Crippen molar-refractivity contribution in [2.45, 2.75) is 65.0 Å². The molecule has 2 atom stereocenters. The molecule has 128 valence electrons. The van der Waals surface area contributed by atoms with E-state index in [2.05, 4.69) is 11.9 Å². The molecule has 6 heteroatoms. The molecule has 1 saturated heterocycles. The average Bonchev–Trinajstić information content (AvgIpc) is 2.99. The molecule has 0 spiro atoms. The lowest BCUT2D eigenvalue weighted by atomic mass is 9.87. The summed E-state index contributed by atoms with van der Waals surface area (Å²) < 4.78 is 5.51. The van der Waals surface area contributed by atoms with Crippen LogP contribution in [-0.2, 0) is 4.74 Å². The van der Waals surface area contributed by atoms with Crippen molar-refractivity contribution in [2.24, 2.45) is 5.92 Å². The van der Waals surface area contributed by atoms with Crippen LogP contribution in [0.4, 0.5) is 4.79 Å². The van der Waals surface area contributed by atoms with Gasteiger partial charge in [-0.3, -0.25) is 9.78 Å². The van der Waals surface area contributed by atoms with E-state index in [1.54, 1.807) is 16.6 Å². The third-order valence-corrected chi connectivity index (χ3v) is 4.97. The minimum atomic E-state index is -0.523. The smallest absolute Gasteiger partial charge is 0.410 e. The predicted octanol–water partition coefficient (Wildman–Crippen LogP) is 4.14. The Kier molecular flexibility index (Phi) is 5.79. The lowest BCUT2D eigenvalue weighted by molar-refractivity contribution is 0.00400. The van der Waals surface area contributed by atoms with E-state index in [9.17, 15) is 9.59 Å². The number of piperidine rings is 1. The summed E-state index contributed by atoms with van der Waals surface area (Å²) in [4.78, 5) is 31.3. The second kappa shape index (κ2) is 7.43. The molecule has 0 saturated carbocycles.